The Kier molecular flexibility index (Phi) is 7.36. The van der Waals surface area contributed by atoms with Gasteiger partial charge >= 0.3 is 0 Å². The molecule has 0 aromatic rings. The molecule has 1 aliphatic rings. The van der Waals surface area contributed by atoms with Gasteiger partial charge in [0.1, 0.15) is 0 Å². The number of nitrogens with one attached hydrogen (secondary N) is 1. The van der Waals surface area contributed by atoms with E-state index in [0.717, 1.165) is 19.3 Å². The molecule has 4 heteroatoms. The van der Waals surface area contributed by atoms with E-state index in [-0.39, 0.29) is 11.8 Å². The van der Waals surface area contributed by atoms with E-state index in [0.29, 0.717) is 16.9 Å². The minimum absolute atomic E-state index is 0.0340. The second kappa shape index (κ2) is 8.51. The maximum Gasteiger partial charge on any atom is 0.230 e. The van der Waals surface area contributed by atoms with Crippen molar-refractivity contribution in [2.75, 3.05) is 0 Å². The van der Waals surface area contributed by atoms with Gasteiger partial charge in [0.2, 0.25) is 5.91 Å². The highest BCUT2D eigenvalue weighted by Crippen LogP contribution is 2.28. The highest BCUT2D eigenvalue weighted by molar-refractivity contribution is 7.80. The quantitative estimate of drug-likeness (QED) is 0.706. The fourth-order valence-corrected chi connectivity index (χ4v) is 3.29. The number of hydrogen-bond acceptors (Lipinski definition) is 2. The van der Waals surface area contributed by atoms with Crippen LogP contribution in [-0.2, 0) is 4.79 Å². The Bertz CT molecular complexity index is 301. The van der Waals surface area contributed by atoms with E-state index in [1.54, 1.807) is 0 Å². The summed E-state index contributed by atoms with van der Waals surface area (Å²) in [4.78, 5) is 12.6. The highest BCUT2D eigenvalue weighted by atomic mass is 32.1. The first kappa shape index (κ1) is 16.4. The van der Waals surface area contributed by atoms with Gasteiger partial charge in [-0.05, 0) is 31.6 Å². The summed E-state index contributed by atoms with van der Waals surface area (Å²) < 4.78 is 0. The fourth-order valence-electron chi connectivity index (χ4n) is 3.06. The maximum absolute atomic E-state index is 12.3. The van der Waals surface area contributed by atoms with Crippen LogP contribution in [0.3, 0.4) is 0 Å². The largest absolute Gasteiger partial charge is 0.393 e. The number of carbonyl (C=O) groups is 1. The zero-order chi connectivity index (χ0) is 14.3. The monoisotopic (exact) mass is 284 g/mol. The molecular weight excluding hydrogens is 256 g/mol. The van der Waals surface area contributed by atoms with E-state index >= 15 is 0 Å². The normalized spacial score (nSPS) is 19.7. The minimum atomic E-state index is -0.294. The van der Waals surface area contributed by atoms with Crippen molar-refractivity contribution in [3.63, 3.8) is 0 Å². The van der Waals surface area contributed by atoms with Gasteiger partial charge in [0.25, 0.3) is 0 Å². The molecule has 0 heterocycles. The van der Waals surface area contributed by atoms with Crippen molar-refractivity contribution in [2.45, 2.75) is 71.3 Å². The van der Waals surface area contributed by atoms with Gasteiger partial charge < -0.3 is 11.1 Å². The molecule has 19 heavy (non-hydrogen) atoms. The molecule has 1 fully saturated rings. The average Bonchev–Trinajstić information content (AvgIpc) is 2.42. The van der Waals surface area contributed by atoms with Gasteiger partial charge in [-0.1, -0.05) is 51.7 Å². The molecule has 2 unspecified atom stereocenters. The summed E-state index contributed by atoms with van der Waals surface area (Å²) in [6.07, 6.45) is 9.08. The van der Waals surface area contributed by atoms with Crippen molar-refractivity contribution in [1.29, 1.82) is 0 Å². The Morgan fingerprint density at radius 2 is 1.95 bits per heavy atom. The molecule has 0 aromatic heterocycles. The van der Waals surface area contributed by atoms with Gasteiger partial charge in [-0.3, -0.25) is 4.79 Å². The average molecular weight is 284 g/mol. The number of rotatable bonds is 7. The van der Waals surface area contributed by atoms with Crippen LogP contribution in [0.5, 0.6) is 0 Å². The summed E-state index contributed by atoms with van der Waals surface area (Å²) >= 11 is 5.02. The third-order valence-electron chi connectivity index (χ3n) is 4.22. The molecule has 3 N–H and O–H groups in total. The smallest absolute Gasteiger partial charge is 0.230 e. The van der Waals surface area contributed by atoms with Crippen LogP contribution in [0, 0.1) is 11.8 Å². The van der Waals surface area contributed by atoms with Gasteiger partial charge in [-0.25, -0.2) is 0 Å². The number of hydrogen-bond donors (Lipinski definition) is 2. The van der Waals surface area contributed by atoms with Crippen LogP contribution < -0.4 is 11.1 Å². The lowest BCUT2D eigenvalue weighted by atomic mass is 9.82. The molecule has 0 aromatic carbocycles. The van der Waals surface area contributed by atoms with Crippen LogP contribution in [0.2, 0.25) is 0 Å². The van der Waals surface area contributed by atoms with Crippen LogP contribution in [0.1, 0.15) is 65.2 Å². The molecule has 0 bridgehead atoms. The van der Waals surface area contributed by atoms with Crippen LogP contribution in [0.25, 0.3) is 0 Å². The molecule has 0 aliphatic heterocycles. The summed E-state index contributed by atoms with van der Waals surface area (Å²) in [6.45, 7) is 4.20. The molecule has 2 atom stereocenters. The number of nitrogens with two attached hydrogens (primary N) is 1. The van der Waals surface area contributed by atoms with E-state index in [9.17, 15) is 4.79 Å². The van der Waals surface area contributed by atoms with Gasteiger partial charge in [0.05, 0.1) is 10.9 Å². The highest BCUT2D eigenvalue weighted by Gasteiger charge is 2.27. The number of carbonyl (C=O) groups excluding carboxylic acids is 1. The summed E-state index contributed by atoms with van der Waals surface area (Å²) in [7, 11) is 0. The van der Waals surface area contributed by atoms with E-state index in [1.165, 1.54) is 32.1 Å². The lowest BCUT2D eigenvalue weighted by Gasteiger charge is -2.31. The fraction of sp³-hybridized carbons (Fsp3) is 0.867. The molecule has 1 aliphatic carbocycles. The molecule has 1 saturated carbocycles. The Hall–Kier alpha value is -0.640. The predicted molar refractivity (Wildman–Crippen MR) is 84.0 cm³/mol. The number of amides is 1. The van der Waals surface area contributed by atoms with E-state index in [2.05, 4.69) is 19.2 Å². The van der Waals surface area contributed by atoms with Gasteiger partial charge in [0.15, 0.2) is 0 Å². The lowest BCUT2D eigenvalue weighted by Crippen LogP contribution is -2.46. The van der Waals surface area contributed by atoms with Gasteiger partial charge in [0, 0.05) is 6.04 Å². The van der Waals surface area contributed by atoms with Crippen molar-refractivity contribution in [3.8, 4) is 0 Å². The molecule has 0 radical (unpaired) electrons. The van der Waals surface area contributed by atoms with Gasteiger partial charge in [-0.15, -0.1) is 0 Å². The molecule has 1 amide bonds. The van der Waals surface area contributed by atoms with Crippen LogP contribution in [-0.4, -0.2) is 16.9 Å². The molecule has 110 valence electrons. The molecule has 3 nitrogen and oxygen atoms in total. The topological polar surface area (TPSA) is 55.1 Å². The summed E-state index contributed by atoms with van der Waals surface area (Å²) in [6, 6.07) is 0.293. The molecule has 0 saturated heterocycles. The third-order valence-corrected chi connectivity index (χ3v) is 4.51. The molecule has 0 spiro atoms. The zero-order valence-corrected chi connectivity index (χ0v) is 13.1. The maximum atomic E-state index is 12.3. The Balaban J connectivity index is 2.57. The first-order valence-electron chi connectivity index (χ1n) is 7.69. The molecular formula is C15H28N2OS. The van der Waals surface area contributed by atoms with Crippen molar-refractivity contribution in [2.24, 2.45) is 17.6 Å². The standard InChI is InChI=1S/C15H28N2OS/c1-3-8-12(14(16)19)15(18)17-13(4-2)11-9-6-5-7-10-11/h11-13H,3-10H2,1-2H3,(H2,16,19)(H,17,18). The predicted octanol–water partition coefficient (Wildman–Crippen LogP) is 3.16. The van der Waals surface area contributed by atoms with Gasteiger partial charge in [-0.2, -0.15) is 0 Å². The van der Waals surface area contributed by atoms with E-state index in [1.807, 2.05) is 0 Å². The molecule has 1 rings (SSSR count). The second-order valence-electron chi connectivity index (χ2n) is 5.67. The van der Waals surface area contributed by atoms with Crippen LogP contribution in [0.4, 0.5) is 0 Å². The van der Waals surface area contributed by atoms with E-state index in [4.69, 9.17) is 18.0 Å². The Labute approximate surface area is 122 Å². The van der Waals surface area contributed by atoms with Crippen LogP contribution >= 0.6 is 12.2 Å². The Morgan fingerprint density at radius 1 is 1.32 bits per heavy atom. The van der Waals surface area contributed by atoms with Crippen molar-refractivity contribution in [3.05, 3.63) is 0 Å². The number of thiocarbonyl (C=S) groups is 1. The first-order chi connectivity index (χ1) is 9.10. The minimum Gasteiger partial charge on any atom is -0.393 e. The third kappa shape index (κ3) is 5.09. The summed E-state index contributed by atoms with van der Waals surface area (Å²) in [5.74, 6) is 0.376. The van der Waals surface area contributed by atoms with E-state index < -0.39 is 0 Å². The SMILES string of the molecule is CCCC(C(=O)NC(CC)C1CCCCC1)C(N)=S. The summed E-state index contributed by atoms with van der Waals surface area (Å²) in [5.41, 5.74) is 5.69. The summed E-state index contributed by atoms with van der Waals surface area (Å²) in [5, 5.41) is 3.20. The van der Waals surface area contributed by atoms with Crippen molar-refractivity contribution >= 4 is 23.1 Å². The second-order valence-corrected chi connectivity index (χ2v) is 6.14. The van der Waals surface area contributed by atoms with Crippen molar-refractivity contribution in [1.82, 2.24) is 5.32 Å². The van der Waals surface area contributed by atoms with Crippen molar-refractivity contribution < 1.29 is 4.79 Å². The first-order valence-corrected chi connectivity index (χ1v) is 8.10. The van der Waals surface area contributed by atoms with Crippen LogP contribution in [0.15, 0.2) is 0 Å². The zero-order valence-electron chi connectivity index (χ0n) is 12.3. The Morgan fingerprint density at radius 3 is 2.42 bits per heavy atom. The lowest BCUT2D eigenvalue weighted by molar-refractivity contribution is -0.124.